The van der Waals surface area contributed by atoms with Gasteiger partial charge < -0.3 is 5.32 Å². The average molecular weight is 512 g/mol. The first-order chi connectivity index (χ1) is 16.4. The maximum Gasteiger partial charge on any atom is 0.235 e. The Bertz CT molecular complexity index is 1220. The summed E-state index contributed by atoms with van der Waals surface area (Å²) in [6.07, 6.45) is 5.91. The molecule has 4 rings (SSSR count). The van der Waals surface area contributed by atoms with Crippen LogP contribution in [0.2, 0.25) is 0 Å². The molecule has 1 aliphatic carbocycles. The van der Waals surface area contributed by atoms with Crippen LogP contribution >= 0.6 is 34.4 Å². The molecule has 0 bridgehead atoms. The van der Waals surface area contributed by atoms with Crippen LogP contribution < -0.4 is 5.32 Å². The first-order valence-electron chi connectivity index (χ1n) is 11.4. The van der Waals surface area contributed by atoms with Gasteiger partial charge in [-0.1, -0.05) is 51.1 Å². The molecular weight excluding hydrogens is 483 g/mol. The maximum atomic E-state index is 12.8. The number of amides is 1. The van der Waals surface area contributed by atoms with E-state index in [0.717, 1.165) is 41.9 Å². The highest BCUT2D eigenvalue weighted by atomic mass is 32.2. The van der Waals surface area contributed by atoms with Gasteiger partial charge in [-0.05, 0) is 47.6 Å². The molecule has 6 nitrogen and oxygen atoms in total. The fourth-order valence-corrected chi connectivity index (χ4v) is 7.08. The van der Waals surface area contributed by atoms with Crippen molar-refractivity contribution in [2.45, 2.75) is 58.2 Å². The van der Waals surface area contributed by atoms with Crippen molar-refractivity contribution in [2.24, 2.45) is 11.3 Å². The molecule has 3 aromatic rings. The van der Waals surface area contributed by atoms with E-state index in [1.807, 2.05) is 22.1 Å². The van der Waals surface area contributed by atoms with Gasteiger partial charge in [-0.2, -0.15) is 5.26 Å². The summed E-state index contributed by atoms with van der Waals surface area (Å²) >= 11 is 4.52. The zero-order chi connectivity index (χ0) is 24.3. The first kappa shape index (κ1) is 24.7. The number of aromatic nitrogens is 3. The normalized spacial score (nSPS) is 15.5. The number of thiophene rings is 2. The predicted molar refractivity (Wildman–Crippen MR) is 142 cm³/mol. The van der Waals surface area contributed by atoms with Gasteiger partial charge in [-0.3, -0.25) is 9.36 Å². The smallest absolute Gasteiger partial charge is 0.235 e. The molecule has 3 aromatic heterocycles. The number of fused-ring (bicyclic) bond motifs is 1. The number of nitriles is 1. The molecule has 0 fully saturated rings. The summed E-state index contributed by atoms with van der Waals surface area (Å²) in [7, 11) is 0. The molecule has 34 heavy (non-hydrogen) atoms. The zero-order valence-corrected chi connectivity index (χ0v) is 22.2. The lowest BCUT2D eigenvalue weighted by atomic mass is 9.69. The van der Waals surface area contributed by atoms with Gasteiger partial charge in [0.05, 0.1) is 16.2 Å². The fraction of sp³-hybridized carbons (Fsp3) is 0.440. The Hall–Kier alpha value is -2.41. The lowest BCUT2D eigenvalue weighted by Crippen LogP contribution is -2.28. The lowest BCUT2D eigenvalue weighted by molar-refractivity contribution is -0.113. The second-order valence-corrected chi connectivity index (χ2v) is 12.1. The van der Waals surface area contributed by atoms with Crippen molar-refractivity contribution in [3.63, 3.8) is 0 Å². The third-order valence-corrected chi connectivity index (χ3v) is 9.75. The van der Waals surface area contributed by atoms with Crippen molar-refractivity contribution in [1.82, 2.24) is 14.8 Å². The van der Waals surface area contributed by atoms with Gasteiger partial charge in [-0.15, -0.1) is 39.4 Å². The molecule has 0 aromatic carbocycles. The molecule has 178 valence electrons. The van der Waals surface area contributed by atoms with Crippen LogP contribution in [0.15, 0.2) is 35.3 Å². The third-order valence-electron chi connectivity index (χ3n) is 6.75. The molecule has 0 saturated carbocycles. The minimum absolute atomic E-state index is 0.142. The second kappa shape index (κ2) is 10.5. The monoisotopic (exact) mass is 511 g/mol. The van der Waals surface area contributed by atoms with Crippen LogP contribution in [0, 0.1) is 22.7 Å². The minimum Gasteiger partial charge on any atom is -0.316 e. The number of carbonyl (C=O) groups excluding carboxylic acids is 1. The topological polar surface area (TPSA) is 83.6 Å². The van der Waals surface area contributed by atoms with E-state index in [4.69, 9.17) is 0 Å². The molecule has 3 heterocycles. The van der Waals surface area contributed by atoms with E-state index in [1.54, 1.807) is 28.7 Å². The van der Waals surface area contributed by atoms with E-state index in [0.29, 0.717) is 28.2 Å². The minimum atomic E-state index is -0.142. The fourth-order valence-electron chi connectivity index (χ4n) is 4.32. The van der Waals surface area contributed by atoms with Crippen LogP contribution in [0.4, 0.5) is 5.00 Å². The van der Waals surface area contributed by atoms with E-state index in [-0.39, 0.29) is 17.1 Å². The van der Waals surface area contributed by atoms with Crippen LogP contribution in [0.5, 0.6) is 0 Å². The number of rotatable bonds is 9. The highest BCUT2D eigenvalue weighted by Crippen LogP contribution is 2.45. The SMILES string of the molecule is C=CCn1c(SCC(=O)Nc2sc3c(c2C#N)CCC(C(C)(C)CC)C3)nnc1-c1cccs1. The van der Waals surface area contributed by atoms with Crippen molar-refractivity contribution in [1.29, 1.82) is 5.26 Å². The summed E-state index contributed by atoms with van der Waals surface area (Å²) in [5.41, 5.74) is 2.04. The Kier molecular flexibility index (Phi) is 7.60. The highest BCUT2D eigenvalue weighted by molar-refractivity contribution is 7.99. The Labute approximate surface area is 213 Å². The second-order valence-electron chi connectivity index (χ2n) is 9.12. The number of carbonyl (C=O) groups is 1. The number of nitrogens with one attached hydrogen (secondary N) is 1. The van der Waals surface area contributed by atoms with Gasteiger partial charge in [0.25, 0.3) is 0 Å². The molecule has 0 spiro atoms. The summed E-state index contributed by atoms with van der Waals surface area (Å²) in [6.45, 7) is 11.3. The number of nitrogens with zero attached hydrogens (tertiary/aromatic N) is 4. The van der Waals surface area contributed by atoms with Gasteiger partial charge in [0.15, 0.2) is 11.0 Å². The van der Waals surface area contributed by atoms with Crippen molar-refractivity contribution in [2.75, 3.05) is 11.1 Å². The summed E-state index contributed by atoms with van der Waals surface area (Å²) < 4.78 is 1.97. The van der Waals surface area contributed by atoms with E-state index in [2.05, 4.69) is 48.9 Å². The van der Waals surface area contributed by atoms with E-state index in [9.17, 15) is 10.1 Å². The van der Waals surface area contributed by atoms with Crippen LogP contribution in [0.25, 0.3) is 10.7 Å². The molecule has 1 atom stereocenters. The van der Waals surface area contributed by atoms with Crippen molar-refractivity contribution in [3.05, 3.63) is 46.2 Å². The molecule has 1 amide bonds. The van der Waals surface area contributed by atoms with Crippen molar-refractivity contribution >= 4 is 45.3 Å². The van der Waals surface area contributed by atoms with E-state index >= 15 is 0 Å². The third kappa shape index (κ3) is 4.99. The number of hydrogen-bond acceptors (Lipinski definition) is 7. The quantitative estimate of drug-likeness (QED) is 0.265. The summed E-state index contributed by atoms with van der Waals surface area (Å²) in [5, 5.41) is 24.8. The average Bonchev–Trinajstić information content (AvgIpc) is 3.56. The van der Waals surface area contributed by atoms with Crippen molar-refractivity contribution in [3.8, 4) is 16.8 Å². The molecular formula is C25H29N5OS3. The van der Waals surface area contributed by atoms with E-state index < -0.39 is 0 Å². The lowest BCUT2D eigenvalue weighted by Gasteiger charge is -2.36. The van der Waals surface area contributed by atoms with Crippen LogP contribution in [-0.4, -0.2) is 26.4 Å². The molecule has 0 radical (unpaired) electrons. The summed E-state index contributed by atoms with van der Waals surface area (Å²) in [6, 6.07) is 6.33. The summed E-state index contributed by atoms with van der Waals surface area (Å²) in [4.78, 5) is 15.1. The highest BCUT2D eigenvalue weighted by Gasteiger charge is 2.34. The molecule has 1 N–H and O–H groups in total. The van der Waals surface area contributed by atoms with Crippen LogP contribution in [0.1, 0.15) is 49.6 Å². The van der Waals surface area contributed by atoms with Gasteiger partial charge in [0.2, 0.25) is 5.91 Å². The number of allylic oxidation sites excluding steroid dienone is 1. The largest absolute Gasteiger partial charge is 0.316 e. The Balaban J connectivity index is 1.46. The van der Waals surface area contributed by atoms with Gasteiger partial charge in [-0.25, -0.2) is 0 Å². The number of thioether (sulfide) groups is 1. The van der Waals surface area contributed by atoms with Crippen molar-refractivity contribution < 1.29 is 4.79 Å². The molecule has 1 aliphatic rings. The number of anilines is 1. The summed E-state index contributed by atoms with van der Waals surface area (Å²) in [5.74, 6) is 1.43. The predicted octanol–water partition coefficient (Wildman–Crippen LogP) is 6.40. The van der Waals surface area contributed by atoms with Gasteiger partial charge in [0.1, 0.15) is 11.1 Å². The Morgan fingerprint density at radius 1 is 1.47 bits per heavy atom. The van der Waals surface area contributed by atoms with Crippen LogP contribution in [-0.2, 0) is 24.2 Å². The first-order valence-corrected chi connectivity index (χ1v) is 14.1. The van der Waals surface area contributed by atoms with Gasteiger partial charge >= 0.3 is 0 Å². The zero-order valence-electron chi connectivity index (χ0n) is 19.8. The molecule has 9 heteroatoms. The Morgan fingerprint density at radius 2 is 2.29 bits per heavy atom. The van der Waals surface area contributed by atoms with Crippen LogP contribution in [0.3, 0.4) is 0 Å². The molecule has 0 aliphatic heterocycles. The maximum absolute atomic E-state index is 12.8. The number of hydrogen-bond donors (Lipinski definition) is 1. The Morgan fingerprint density at radius 3 is 2.97 bits per heavy atom. The van der Waals surface area contributed by atoms with Gasteiger partial charge in [0, 0.05) is 11.4 Å². The molecule has 1 unspecified atom stereocenters. The van der Waals surface area contributed by atoms with E-state index in [1.165, 1.54) is 16.6 Å². The molecule has 0 saturated heterocycles. The standard InChI is InChI=1S/C25H29N5OS3/c1-5-11-30-22(19-8-7-12-32-19)28-29-24(30)33-15-21(31)27-23-18(14-26)17-10-9-16(13-20(17)34-23)25(3,4)6-2/h5,7-8,12,16H,1,6,9-11,13,15H2,2-4H3,(H,27,31).